The minimum atomic E-state index is -0.714. The lowest BCUT2D eigenvalue weighted by Crippen LogP contribution is -2.48. The van der Waals surface area contributed by atoms with Crippen LogP contribution in [0.2, 0.25) is 0 Å². The molecule has 0 spiro atoms. The quantitative estimate of drug-likeness (QED) is 0.711. The van der Waals surface area contributed by atoms with Gasteiger partial charge in [-0.3, -0.25) is 4.90 Å². The van der Waals surface area contributed by atoms with Crippen LogP contribution in [0.5, 0.6) is 0 Å². The molecule has 0 saturated carbocycles. The van der Waals surface area contributed by atoms with Crippen molar-refractivity contribution in [2.45, 2.75) is 72.3 Å². The molecule has 1 saturated heterocycles. The molecule has 1 fully saturated rings. The van der Waals surface area contributed by atoms with Crippen molar-refractivity contribution in [3.63, 3.8) is 0 Å². The minimum absolute atomic E-state index is 0.0346. The van der Waals surface area contributed by atoms with Gasteiger partial charge >= 0.3 is 6.09 Å². The van der Waals surface area contributed by atoms with Crippen LogP contribution in [-0.4, -0.2) is 34.0 Å². The lowest BCUT2D eigenvalue weighted by molar-refractivity contribution is -0.0377. The number of carbonyl (C=O) groups is 1. The van der Waals surface area contributed by atoms with Gasteiger partial charge in [0.05, 0.1) is 0 Å². The van der Waals surface area contributed by atoms with Crippen molar-refractivity contribution < 1.29 is 14.6 Å². The van der Waals surface area contributed by atoms with Crippen molar-refractivity contribution in [2.24, 2.45) is 5.41 Å². The molecule has 0 aromatic heterocycles. The monoisotopic (exact) mass is 243 g/mol. The molecule has 1 unspecified atom stereocenters. The molecule has 1 rings (SSSR count). The van der Waals surface area contributed by atoms with Gasteiger partial charge in [0.2, 0.25) is 0 Å². The first kappa shape index (κ1) is 14.3. The second-order valence-electron chi connectivity index (χ2n) is 6.83. The van der Waals surface area contributed by atoms with Crippen LogP contribution in [0.25, 0.3) is 0 Å². The second kappa shape index (κ2) is 4.48. The Labute approximate surface area is 104 Å². The molecule has 100 valence electrons. The second-order valence-corrected chi connectivity index (χ2v) is 6.83. The fourth-order valence-electron chi connectivity index (χ4n) is 2.21. The molecular formula is C13H25NO3. The Bertz CT molecular complexity index is 288. The van der Waals surface area contributed by atoms with E-state index in [0.29, 0.717) is 6.42 Å². The van der Waals surface area contributed by atoms with Crippen LogP contribution in [0.1, 0.15) is 54.4 Å². The topological polar surface area (TPSA) is 49.8 Å². The molecule has 4 nitrogen and oxygen atoms in total. The van der Waals surface area contributed by atoms with Crippen LogP contribution < -0.4 is 0 Å². The predicted octanol–water partition coefficient (Wildman–Crippen LogP) is 2.75. The van der Waals surface area contributed by atoms with Crippen LogP contribution in [0.3, 0.4) is 0 Å². The Hall–Kier alpha value is -0.770. The summed E-state index contributed by atoms with van der Waals surface area (Å²) in [5.74, 6) is 0. The van der Waals surface area contributed by atoms with Gasteiger partial charge in [0, 0.05) is 6.04 Å². The molecule has 1 N–H and O–H groups in total. The van der Waals surface area contributed by atoms with Crippen molar-refractivity contribution in [1.82, 2.24) is 4.90 Å². The molecule has 17 heavy (non-hydrogen) atoms. The van der Waals surface area contributed by atoms with E-state index in [-0.39, 0.29) is 11.5 Å². The zero-order chi connectivity index (χ0) is 13.4. The van der Waals surface area contributed by atoms with Gasteiger partial charge in [-0.05, 0) is 39.0 Å². The Kier molecular flexibility index (Phi) is 3.77. The molecule has 1 aliphatic rings. The first-order valence-corrected chi connectivity index (χ1v) is 6.22. The highest BCUT2D eigenvalue weighted by Crippen LogP contribution is 2.36. The molecule has 0 bridgehead atoms. The molecule has 2 atom stereocenters. The fraction of sp³-hybridized carbons (Fsp3) is 0.923. The average Bonchev–Trinajstić information content (AvgIpc) is 2.42. The molecule has 0 aliphatic carbocycles. The summed E-state index contributed by atoms with van der Waals surface area (Å²) < 4.78 is 5.34. The van der Waals surface area contributed by atoms with E-state index in [1.54, 1.807) is 0 Å². The summed E-state index contributed by atoms with van der Waals surface area (Å²) in [5.41, 5.74) is -0.573. The van der Waals surface area contributed by atoms with Gasteiger partial charge in [0.1, 0.15) is 11.8 Å². The zero-order valence-corrected chi connectivity index (χ0v) is 11.8. The Morgan fingerprint density at radius 1 is 1.18 bits per heavy atom. The molecule has 1 amide bonds. The van der Waals surface area contributed by atoms with Crippen LogP contribution in [0, 0.1) is 5.41 Å². The van der Waals surface area contributed by atoms with Gasteiger partial charge in [0.15, 0.2) is 0 Å². The number of aliphatic hydroxyl groups is 1. The predicted molar refractivity (Wildman–Crippen MR) is 66.6 cm³/mol. The van der Waals surface area contributed by atoms with Gasteiger partial charge in [-0.1, -0.05) is 20.8 Å². The fourth-order valence-corrected chi connectivity index (χ4v) is 2.21. The van der Waals surface area contributed by atoms with E-state index in [9.17, 15) is 9.90 Å². The number of rotatable bonds is 0. The molecule has 1 heterocycles. The minimum Gasteiger partial charge on any atom is -0.444 e. The number of ether oxygens (including phenoxy) is 1. The van der Waals surface area contributed by atoms with Gasteiger partial charge < -0.3 is 9.84 Å². The van der Waals surface area contributed by atoms with Gasteiger partial charge in [-0.2, -0.15) is 0 Å². The highest BCUT2D eigenvalue weighted by atomic mass is 16.6. The first-order chi connectivity index (χ1) is 7.52. The third-order valence-electron chi connectivity index (χ3n) is 2.96. The van der Waals surface area contributed by atoms with Crippen molar-refractivity contribution in [2.75, 3.05) is 0 Å². The molecule has 0 aromatic rings. The van der Waals surface area contributed by atoms with Crippen LogP contribution >= 0.6 is 0 Å². The zero-order valence-electron chi connectivity index (χ0n) is 11.8. The van der Waals surface area contributed by atoms with Crippen LogP contribution in [0.4, 0.5) is 4.79 Å². The highest BCUT2D eigenvalue weighted by Gasteiger charge is 2.43. The van der Waals surface area contributed by atoms with Gasteiger partial charge in [-0.25, -0.2) is 4.79 Å². The number of nitrogens with zero attached hydrogens (tertiary/aromatic N) is 1. The van der Waals surface area contributed by atoms with Crippen LogP contribution in [0.15, 0.2) is 0 Å². The Morgan fingerprint density at radius 2 is 1.71 bits per heavy atom. The maximum absolute atomic E-state index is 12.1. The molecule has 1 aliphatic heterocycles. The summed E-state index contributed by atoms with van der Waals surface area (Å²) in [6.45, 7) is 11.7. The van der Waals surface area contributed by atoms with Crippen molar-refractivity contribution in [1.29, 1.82) is 0 Å². The maximum atomic E-state index is 12.1. The third kappa shape index (κ3) is 3.60. The number of aliphatic hydroxyl groups excluding tert-OH is 1. The number of hydrogen-bond acceptors (Lipinski definition) is 3. The summed E-state index contributed by atoms with van der Waals surface area (Å²) in [7, 11) is 0. The Balaban J connectivity index is 2.82. The van der Waals surface area contributed by atoms with Crippen molar-refractivity contribution in [3.05, 3.63) is 0 Å². The van der Waals surface area contributed by atoms with E-state index >= 15 is 0 Å². The van der Waals surface area contributed by atoms with E-state index < -0.39 is 17.9 Å². The Morgan fingerprint density at radius 3 is 2.12 bits per heavy atom. The summed E-state index contributed by atoms with van der Waals surface area (Å²) in [5, 5.41) is 9.92. The first-order valence-electron chi connectivity index (χ1n) is 6.22. The largest absolute Gasteiger partial charge is 0.444 e. The van der Waals surface area contributed by atoms with Crippen LogP contribution in [-0.2, 0) is 4.74 Å². The normalized spacial score (nSPS) is 26.2. The highest BCUT2D eigenvalue weighted by molar-refractivity contribution is 5.69. The molecule has 4 heteroatoms. The number of hydrogen-bond donors (Lipinski definition) is 1. The van der Waals surface area contributed by atoms with E-state index in [1.165, 1.54) is 4.90 Å². The molecular weight excluding hydrogens is 218 g/mol. The number of carbonyl (C=O) groups excluding carboxylic acids is 1. The van der Waals surface area contributed by atoms with Crippen molar-refractivity contribution >= 4 is 6.09 Å². The summed E-state index contributed by atoms with van der Waals surface area (Å²) >= 11 is 0. The van der Waals surface area contributed by atoms with E-state index in [0.717, 1.165) is 6.42 Å². The summed E-state index contributed by atoms with van der Waals surface area (Å²) in [4.78, 5) is 13.6. The van der Waals surface area contributed by atoms with Gasteiger partial charge in [-0.15, -0.1) is 0 Å². The lowest BCUT2D eigenvalue weighted by Gasteiger charge is -2.37. The molecule has 0 radical (unpaired) electrons. The van der Waals surface area contributed by atoms with E-state index in [2.05, 4.69) is 20.8 Å². The van der Waals surface area contributed by atoms with Gasteiger partial charge in [0.25, 0.3) is 0 Å². The third-order valence-corrected chi connectivity index (χ3v) is 2.96. The van der Waals surface area contributed by atoms with Crippen molar-refractivity contribution in [3.8, 4) is 0 Å². The smallest absolute Gasteiger partial charge is 0.412 e. The standard InChI is InChI=1S/C13H25NO3/c1-12(2,3)9-7-8-10(15)14(9)11(16)17-13(4,5)6/h9-10,15H,7-8H2,1-6H3/t9-,10?/m0/s1. The number of likely N-dealkylation sites (tertiary alicyclic amines) is 1. The van der Waals surface area contributed by atoms with E-state index in [1.807, 2.05) is 20.8 Å². The maximum Gasteiger partial charge on any atom is 0.412 e. The van der Waals surface area contributed by atoms with E-state index in [4.69, 9.17) is 4.74 Å². The number of amides is 1. The lowest BCUT2D eigenvalue weighted by atomic mass is 9.85. The SMILES string of the molecule is CC(C)(C)OC(=O)N1C(O)CC[C@H]1C(C)(C)C. The average molecular weight is 243 g/mol. The summed E-state index contributed by atoms with van der Waals surface area (Å²) in [6.07, 6.45) is 0.321. The summed E-state index contributed by atoms with van der Waals surface area (Å²) in [6, 6.07) is 0.0346. The molecule has 0 aromatic carbocycles.